The fraction of sp³-hybridized carbons (Fsp3) is 0.0667. The zero-order valence-corrected chi connectivity index (χ0v) is 9.40. The van der Waals surface area contributed by atoms with Gasteiger partial charge in [-0.15, -0.1) is 6.42 Å². The van der Waals surface area contributed by atoms with Gasteiger partial charge in [0, 0.05) is 5.56 Å². The zero-order chi connectivity index (χ0) is 13.2. The highest BCUT2D eigenvalue weighted by Gasteiger charge is 2.34. The summed E-state index contributed by atoms with van der Waals surface area (Å²) in [4.78, 5) is 0. The molecule has 1 atom stereocenters. The lowest BCUT2D eigenvalue weighted by Crippen LogP contribution is -2.28. The molecule has 0 spiro atoms. The van der Waals surface area contributed by atoms with Gasteiger partial charge in [0.1, 0.15) is 11.6 Å². The van der Waals surface area contributed by atoms with Crippen LogP contribution in [0, 0.1) is 24.0 Å². The average Bonchev–Trinajstić information content (AvgIpc) is 2.39. The molecule has 2 rings (SSSR count). The summed E-state index contributed by atoms with van der Waals surface area (Å²) in [5.74, 6) is 0.317. The Morgan fingerprint density at radius 1 is 0.944 bits per heavy atom. The molecule has 0 amide bonds. The largest absolute Gasteiger partial charge is 0.369 e. The highest BCUT2D eigenvalue weighted by atomic mass is 19.1. The Hall–Kier alpha value is -2.18. The SMILES string of the molecule is C#CC(O)(c1ccccc1)c1c(F)cccc1F. The van der Waals surface area contributed by atoms with Gasteiger partial charge in [0.15, 0.2) is 5.60 Å². The minimum Gasteiger partial charge on any atom is -0.369 e. The third kappa shape index (κ3) is 1.87. The zero-order valence-electron chi connectivity index (χ0n) is 9.40. The van der Waals surface area contributed by atoms with Gasteiger partial charge >= 0.3 is 0 Å². The van der Waals surface area contributed by atoms with Crippen LogP contribution >= 0.6 is 0 Å². The molecular formula is C15H10F2O. The topological polar surface area (TPSA) is 20.2 Å². The molecule has 0 saturated carbocycles. The van der Waals surface area contributed by atoms with Crippen LogP contribution in [0.2, 0.25) is 0 Å². The average molecular weight is 244 g/mol. The van der Waals surface area contributed by atoms with Crippen LogP contribution in [0.3, 0.4) is 0 Å². The third-order valence-corrected chi connectivity index (χ3v) is 2.73. The van der Waals surface area contributed by atoms with E-state index in [9.17, 15) is 13.9 Å². The number of aliphatic hydroxyl groups is 1. The first kappa shape index (κ1) is 12.3. The van der Waals surface area contributed by atoms with Crippen molar-refractivity contribution < 1.29 is 13.9 Å². The van der Waals surface area contributed by atoms with E-state index in [-0.39, 0.29) is 5.56 Å². The lowest BCUT2D eigenvalue weighted by molar-refractivity contribution is 0.135. The van der Waals surface area contributed by atoms with Gasteiger partial charge in [-0.2, -0.15) is 0 Å². The van der Waals surface area contributed by atoms with E-state index in [4.69, 9.17) is 6.42 Å². The third-order valence-electron chi connectivity index (χ3n) is 2.73. The number of terminal acetylenes is 1. The number of rotatable bonds is 2. The van der Waals surface area contributed by atoms with Crippen LogP contribution < -0.4 is 0 Å². The summed E-state index contributed by atoms with van der Waals surface area (Å²) >= 11 is 0. The van der Waals surface area contributed by atoms with Crippen LogP contribution in [0.5, 0.6) is 0 Å². The lowest BCUT2D eigenvalue weighted by Gasteiger charge is -2.24. The second-order valence-electron chi connectivity index (χ2n) is 3.82. The fourth-order valence-corrected chi connectivity index (χ4v) is 1.82. The van der Waals surface area contributed by atoms with Crippen molar-refractivity contribution in [3.05, 3.63) is 71.3 Å². The van der Waals surface area contributed by atoms with Crippen LogP contribution in [-0.2, 0) is 5.60 Å². The Labute approximate surface area is 104 Å². The van der Waals surface area contributed by atoms with E-state index in [0.29, 0.717) is 0 Å². The Morgan fingerprint density at radius 3 is 2.00 bits per heavy atom. The van der Waals surface area contributed by atoms with E-state index >= 15 is 0 Å². The number of hydrogen-bond acceptors (Lipinski definition) is 1. The standard InChI is InChI=1S/C15H10F2O/c1-2-15(18,11-7-4-3-5-8-11)14-12(16)9-6-10-13(14)17/h1,3-10,18H. The van der Waals surface area contributed by atoms with Crippen LogP contribution in [0.4, 0.5) is 8.78 Å². The van der Waals surface area contributed by atoms with E-state index in [1.165, 1.54) is 18.2 Å². The second-order valence-corrected chi connectivity index (χ2v) is 3.82. The Balaban J connectivity index is 2.70. The summed E-state index contributed by atoms with van der Waals surface area (Å²) in [6.45, 7) is 0. The maximum absolute atomic E-state index is 13.7. The number of hydrogen-bond donors (Lipinski definition) is 1. The van der Waals surface area contributed by atoms with Crippen molar-refractivity contribution >= 4 is 0 Å². The molecule has 3 heteroatoms. The van der Waals surface area contributed by atoms with Crippen LogP contribution in [0.25, 0.3) is 0 Å². The fourth-order valence-electron chi connectivity index (χ4n) is 1.82. The molecule has 0 radical (unpaired) electrons. The van der Waals surface area contributed by atoms with Crippen molar-refractivity contribution in [2.45, 2.75) is 5.60 Å². The van der Waals surface area contributed by atoms with Crippen molar-refractivity contribution in [3.8, 4) is 12.3 Å². The summed E-state index contributed by atoms with van der Waals surface area (Å²) in [5, 5.41) is 10.4. The van der Waals surface area contributed by atoms with Crippen molar-refractivity contribution in [2.75, 3.05) is 0 Å². The van der Waals surface area contributed by atoms with Gasteiger partial charge in [-0.05, 0) is 12.1 Å². The first-order valence-electron chi connectivity index (χ1n) is 5.29. The summed E-state index contributed by atoms with van der Waals surface area (Å²) in [6.07, 6.45) is 5.28. The van der Waals surface area contributed by atoms with Gasteiger partial charge in [-0.25, -0.2) is 8.78 Å². The molecule has 18 heavy (non-hydrogen) atoms. The first-order chi connectivity index (χ1) is 8.59. The molecule has 1 N–H and O–H groups in total. The van der Waals surface area contributed by atoms with Gasteiger partial charge in [0.05, 0.1) is 5.56 Å². The molecule has 0 aliphatic carbocycles. The minimum atomic E-state index is -2.11. The molecule has 1 nitrogen and oxygen atoms in total. The van der Waals surface area contributed by atoms with Gasteiger partial charge < -0.3 is 5.11 Å². The molecule has 1 unspecified atom stereocenters. The Bertz CT molecular complexity index is 581. The van der Waals surface area contributed by atoms with E-state index in [1.54, 1.807) is 18.2 Å². The molecule has 0 bridgehead atoms. The van der Waals surface area contributed by atoms with Gasteiger partial charge in [-0.3, -0.25) is 0 Å². The predicted octanol–water partition coefficient (Wildman–Crippen LogP) is 2.83. The van der Waals surface area contributed by atoms with Crippen LogP contribution in [0.15, 0.2) is 48.5 Å². The van der Waals surface area contributed by atoms with Crippen molar-refractivity contribution in [1.82, 2.24) is 0 Å². The quantitative estimate of drug-likeness (QED) is 0.805. The van der Waals surface area contributed by atoms with Crippen molar-refractivity contribution in [1.29, 1.82) is 0 Å². The highest BCUT2D eigenvalue weighted by molar-refractivity contribution is 5.44. The summed E-state index contributed by atoms with van der Waals surface area (Å²) < 4.78 is 27.4. The summed E-state index contributed by atoms with van der Waals surface area (Å²) in [5.41, 5.74) is -2.40. The van der Waals surface area contributed by atoms with E-state index in [0.717, 1.165) is 12.1 Å². The summed E-state index contributed by atoms with van der Waals surface area (Å²) in [7, 11) is 0. The molecule has 0 heterocycles. The second kappa shape index (κ2) is 4.59. The smallest absolute Gasteiger partial charge is 0.182 e. The first-order valence-corrected chi connectivity index (χ1v) is 5.29. The molecule has 0 saturated heterocycles. The molecular weight excluding hydrogens is 234 g/mol. The number of benzene rings is 2. The molecule has 2 aromatic carbocycles. The molecule has 0 fully saturated rings. The van der Waals surface area contributed by atoms with Gasteiger partial charge in [-0.1, -0.05) is 42.3 Å². The lowest BCUT2D eigenvalue weighted by atomic mass is 9.86. The molecule has 2 aromatic rings. The highest BCUT2D eigenvalue weighted by Crippen LogP contribution is 2.32. The monoisotopic (exact) mass is 244 g/mol. The van der Waals surface area contributed by atoms with E-state index in [1.807, 2.05) is 0 Å². The summed E-state index contributed by atoms with van der Waals surface area (Å²) in [6, 6.07) is 11.4. The normalized spacial score (nSPS) is 13.7. The maximum Gasteiger partial charge on any atom is 0.182 e. The van der Waals surface area contributed by atoms with Crippen LogP contribution in [0.1, 0.15) is 11.1 Å². The molecule has 0 aliphatic rings. The Morgan fingerprint density at radius 2 is 1.50 bits per heavy atom. The van der Waals surface area contributed by atoms with E-state index in [2.05, 4.69) is 5.92 Å². The van der Waals surface area contributed by atoms with Gasteiger partial charge in [0.25, 0.3) is 0 Å². The number of halogens is 2. The molecule has 0 aromatic heterocycles. The van der Waals surface area contributed by atoms with Crippen molar-refractivity contribution in [2.24, 2.45) is 0 Å². The minimum absolute atomic E-state index is 0.247. The van der Waals surface area contributed by atoms with E-state index < -0.39 is 22.8 Å². The maximum atomic E-state index is 13.7. The Kier molecular flexibility index (Phi) is 3.14. The predicted molar refractivity (Wildman–Crippen MR) is 64.6 cm³/mol. The van der Waals surface area contributed by atoms with Crippen molar-refractivity contribution in [3.63, 3.8) is 0 Å². The van der Waals surface area contributed by atoms with Gasteiger partial charge in [0.2, 0.25) is 0 Å². The molecule has 90 valence electrons. The molecule has 0 aliphatic heterocycles. The van der Waals surface area contributed by atoms with Crippen LogP contribution in [-0.4, -0.2) is 5.11 Å².